The van der Waals surface area contributed by atoms with Crippen molar-refractivity contribution >= 4 is 60.8 Å². The monoisotopic (exact) mass is 673 g/mol. The Morgan fingerprint density at radius 2 is 1.52 bits per heavy atom. The molecule has 0 aliphatic heterocycles. The van der Waals surface area contributed by atoms with Crippen LogP contribution in [-0.2, 0) is 0 Å². The van der Waals surface area contributed by atoms with Crippen molar-refractivity contribution in [3.8, 4) is 0 Å². The number of nitrogens with zero attached hydrogens (tertiary/aromatic N) is 1. The van der Waals surface area contributed by atoms with Crippen LogP contribution in [0, 0.1) is 0 Å². The lowest BCUT2D eigenvalue weighted by Gasteiger charge is -2.23. The van der Waals surface area contributed by atoms with E-state index in [-0.39, 0.29) is 29.6 Å². The summed E-state index contributed by atoms with van der Waals surface area (Å²) in [6.45, 7) is 4.87. The molecular formula is C50H39NO. The van der Waals surface area contributed by atoms with Crippen LogP contribution >= 0.6 is 0 Å². The molecule has 52 heavy (non-hydrogen) atoms. The Morgan fingerprint density at radius 1 is 0.769 bits per heavy atom. The molecule has 0 amide bonds. The molecule has 2 heteroatoms. The molecule has 1 aliphatic carbocycles. The van der Waals surface area contributed by atoms with E-state index in [1.165, 1.54) is 5.56 Å². The Kier molecular flexibility index (Phi) is 7.94. The summed E-state index contributed by atoms with van der Waals surface area (Å²) in [5.41, 5.74) is 5.89. The number of benzene rings is 6. The topological polar surface area (TPSA) is 16.4 Å². The van der Waals surface area contributed by atoms with Gasteiger partial charge in [-0.2, -0.15) is 0 Å². The summed E-state index contributed by atoms with van der Waals surface area (Å²) < 4.78 is 42.4. The van der Waals surface area contributed by atoms with Crippen molar-refractivity contribution in [2.75, 3.05) is 4.90 Å². The third-order valence-electron chi connectivity index (χ3n) is 9.58. The first kappa shape index (κ1) is 28.1. The van der Waals surface area contributed by atoms with Gasteiger partial charge in [0.25, 0.3) is 0 Å². The smallest absolute Gasteiger partial charge is 0.143 e. The fraction of sp³-hybridized carbons (Fsp3) is 0.0400. The lowest BCUT2D eigenvalue weighted by molar-refractivity contribution is 0.671. The number of furan rings is 1. The number of hydrogen-bond donors (Lipinski definition) is 0. The predicted octanol–water partition coefficient (Wildman–Crippen LogP) is 13.9. The Bertz CT molecular complexity index is 2840. The molecule has 1 atom stereocenters. The standard InChI is InChI=1S/C50H39NO/c1-3-5-23-43(35-41-21-14-27-47-48-33-30-40-19-10-12-25-46(40)50(48)52-49(41)47)51(42-31-28-38(29-32-42)37-16-7-6-8-17-37)34-15-22-36(4-2)44-26-13-20-39-18-9-11-24-45(39)44/h3-16,18-35,37H,1-2,17H2/b23-5-,34-15+,36-22+,43-35-/i2D,4D,15D,22D/b4-2?,23-5-,34-15+,36-22+,43-35-. The zero-order valence-corrected chi connectivity index (χ0v) is 28.7. The number of hydrogen-bond acceptors (Lipinski definition) is 2. The van der Waals surface area contributed by atoms with Crippen LogP contribution in [0.25, 0.3) is 55.1 Å². The number of fused-ring (bicyclic) bond motifs is 6. The molecule has 0 fully saturated rings. The second-order valence-electron chi connectivity index (χ2n) is 12.7. The zero-order valence-electron chi connectivity index (χ0n) is 32.7. The van der Waals surface area contributed by atoms with Gasteiger partial charge < -0.3 is 9.32 Å². The number of allylic oxidation sites excluding steroid dienone is 11. The van der Waals surface area contributed by atoms with E-state index in [0.717, 1.165) is 67.7 Å². The lowest BCUT2D eigenvalue weighted by atomic mass is 9.92. The number of rotatable bonds is 10. The molecule has 8 rings (SSSR count). The fourth-order valence-corrected chi connectivity index (χ4v) is 6.99. The molecule has 0 saturated heterocycles. The third kappa shape index (κ3) is 6.39. The van der Waals surface area contributed by atoms with Crippen LogP contribution in [0.1, 0.15) is 34.5 Å². The van der Waals surface area contributed by atoms with E-state index in [1.54, 1.807) is 12.3 Å². The van der Waals surface area contributed by atoms with Crippen LogP contribution < -0.4 is 4.90 Å². The highest BCUT2D eigenvalue weighted by Gasteiger charge is 2.15. The highest BCUT2D eigenvalue weighted by molar-refractivity contribution is 6.16. The molecule has 1 unspecified atom stereocenters. The maximum atomic E-state index is 9.44. The maximum absolute atomic E-state index is 9.44. The minimum absolute atomic E-state index is 0.129. The van der Waals surface area contributed by atoms with Crippen LogP contribution in [-0.4, -0.2) is 0 Å². The minimum atomic E-state index is -0.172. The van der Waals surface area contributed by atoms with E-state index in [2.05, 4.69) is 73.3 Å². The highest BCUT2D eigenvalue weighted by Crippen LogP contribution is 2.37. The molecule has 250 valence electrons. The van der Waals surface area contributed by atoms with Gasteiger partial charge >= 0.3 is 0 Å². The summed E-state index contributed by atoms with van der Waals surface area (Å²) in [6.07, 6.45) is 18.6. The van der Waals surface area contributed by atoms with Gasteiger partial charge in [-0.05, 0) is 75.7 Å². The summed E-state index contributed by atoms with van der Waals surface area (Å²) in [5.74, 6) is 0.264. The molecule has 2 nitrogen and oxygen atoms in total. The molecule has 0 radical (unpaired) electrons. The third-order valence-corrected chi connectivity index (χ3v) is 9.58. The van der Waals surface area contributed by atoms with Gasteiger partial charge in [0, 0.05) is 45.2 Å². The van der Waals surface area contributed by atoms with Crippen molar-refractivity contribution in [2.24, 2.45) is 0 Å². The summed E-state index contributed by atoms with van der Waals surface area (Å²) in [4.78, 5) is 1.89. The normalized spacial score (nSPS) is 17.0. The molecule has 7 aromatic rings. The van der Waals surface area contributed by atoms with Gasteiger partial charge in [0.2, 0.25) is 0 Å². The van der Waals surface area contributed by atoms with Crippen molar-refractivity contribution in [1.29, 1.82) is 0 Å². The van der Waals surface area contributed by atoms with Gasteiger partial charge in [-0.3, -0.25) is 0 Å². The minimum Gasteiger partial charge on any atom is -0.455 e. The average molecular weight is 674 g/mol. The van der Waals surface area contributed by atoms with E-state index >= 15 is 0 Å². The summed E-state index contributed by atoms with van der Waals surface area (Å²) >= 11 is 0. The van der Waals surface area contributed by atoms with Gasteiger partial charge in [-0.25, -0.2) is 0 Å². The van der Waals surface area contributed by atoms with Crippen LogP contribution in [0.3, 0.4) is 0 Å². The van der Waals surface area contributed by atoms with Crippen molar-refractivity contribution in [3.05, 3.63) is 224 Å². The Morgan fingerprint density at radius 3 is 2.33 bits per heavy atom. The second-order valence-corrected chi connectivity index (χ2v) is 12.7. The van der Waals surface area contributed by atoms with Gasteiger partial charge in [-0.1, -0.05) is 165 Å². The quantitative estimate of drug-likeness (QED) is 0.134. The lowest BCUT2D eigenvalue weighted by Crippen LogP contribution is -2.14. The molecule has 0 saturated carbocycles. The van der Waals surface area contributed by atoms with E-state index < -0.39 is 0 Å². The van der Waals surface area contributed by atoms with E-state index in [9.17, 15) is 2.74 Å². The molecule has 1 aliphatic rings. The predicted molar refractivity (Wildman–Crippen MR) is 224 cm³/mol. The zero-order chi connectivity index (χ0) is 38.6. The van der Waals surface area contributed by atoms with Gasteiger partial charge in [0.1, 0.15) is 11.2 Å². The molecule has 0 N–H and O–H groups in total. The summed E-state index contributed by atoms with van der Waals surface area (Å²) in [6, 6.07) is 39.9. The molecule has 0 bridgehead atoms. The second kappa shape index (κ2) is 14.7. The highest BCUT2D eigenvalue weighted by atomic mass is 16.3. The Labute approximate surface area is 310 Å². The Balaban J connectivity index is 1.33. The van der Waals surface area contributed by atoms with E-state index in [0.29, 0.717) is 11.3 Å². The number of para-hydroxylation sites is 1. The van der Waals surface area contributed by atoms with Crippen LogP contribution in [0.2, 0.25) is 0 Å². The van der Waals surface area contributed by atoms with Gasteiger partial charge in [0.15, 0.2) is 0 Å². The molecule has 6 aromatic carbocycles. The maximum Gasteiger partial charge on any atom is 0.143 e. The first-order valence-electron chi connectivity index (χ1n) is 19.5. The molecule has 0 spiro atoms. The molecule has 1 aromatic heterocycles. The van der Waals surface area contributed by atoms with Gasteiger partial charge in [0.05, 0.1) is 5.48 Å². The van der Waals surface area contributed by atoms with Gasteiger partial charge in [-0.15, -0.1) is 0 Å². The molecule has 1 heterocycles. The first-order valence-corrected chi connectivity index (χ1v) is 17.4. The Hall–Kier alpha value is -6.64. The van der Waals surface area contributed by atoms with Crippen LogP contribution in [0.15, 0.2) is 211 Å². The summed E-state index contributed by atoms with van der Waals surface area (Å²) in [5, 5.41) is 5.96. The molecular weight excluding hydrogens is 631 g/mol. The van der Waals surface area contributed by atoms with Crippen LogP contribution in [0.4, 0.5) is 5.69 Å². The average Bonchev–Trinajstić information content (AvgIpc) is 3.65. The van der Waals surface area contributed by atoms with Crippen molar-refractivity contribution in [3.63, 3.8) is 0 Å². The van der Waals surface area contributed by atoms with E-state index in [4.69, 9.17) is 7.16 Å². The SMILES string of the molecule is [2H]C=C([2H])/C(=C([2H])\C([2H])=C\N(C(/C=C\C=C)=C\c1cccc2c1oc1c3ccccc3ccc21)c1ccc(C2C=CC=CC2)cc1)c1cccc2ccccc12. The largest absolute Gasteiger partial charge is 0.455 e. The van der Waals surface area contributed by atoms with Crippen LogP contribution in [0.5, 0.6) is 0 Å². The van der Waals surface area contributed by atoms with E-state index in [1.807, 2.05) is 102 Å². The van der Waals surface area contributed by atoms with Crippen molar-refractivity contribution < 1.29 is 9.90 Å². The fourth-order valence-electron chi connectivity index (χ4n) is 6.99. The van der Waals surface area contributed by atoms with Crippen molar-refractivity contribution in [1.82, 2.24) is 0 Å². The van der Waals surface area contributed by atoms with Crippen molar-refractivity contribution in [2.45, 2.75) is 12.3 Å². The first-order chi connectivity index (χ1) is 27.4. The number of anilines is 1. The summed E-state index contributed by atoms with van der Waals surface area (Å²) in [7, 11) is 0.